The fourth-order valence-corrected chi connectivity index (χ4v) is 0.965. The average Bonchev–Trinajstić information content (AvgIpc) is 2.34. The van der Waals surface area contributed by atoms with Gasteiger partial charge in [-0.3, -0.25) is 4.55 Å². The number of aliphatic hydroxyl groups is 1. The molecule has 0 aliphatic rings. The van der Waals surface area contributed by atoms with Crippen LogP contribution in [0.25, 0.3) is 0 Å². The number of aromatic amines is 1. The molecule has 0 aliphatic carbocycles. The first-order valence-corrected chi connectivity index (χ1v) is 4.16. The standard InChI is InChI=1S/C4H6N2O4S/c7-4(11(8,9)10)3-5-1-2-6-3/h1-2,4,7H,(H,5,6)(H,8,9,10). The van der Waals surface area contributed by atoms with Crippen molar-refractivity contribution in [1.29, 1.82) is 0 Å². The van der Waals surface area contributed by atoms with Crippen LogP contribution in [0.2, 0.25) is 0 Å². The predicted octanol–water partition coefficient (Wildman–Crippen LogP) is -0.712. The van der Waals surface area contributed by atoms with Gasteiger partial charge in [0.2, 0.25) is 5.44 Å². The third kappa shape index (κ3) is 1.76. The van der Waals surface area contributed by atoms with Crippen LogP contribution in [0.15, 0.2) is 12.4 Å². The van der Waals surface area contributed by atoms with Gasteiger partial charge in [0.15, 0.2) is 5.82 Å². The van der Waals surface area contributed by atoms with Gasteiger partial charge < -0.3 is 10.1 Å². The summed E-state index contributed by atoms with van der Waals surface area (Å²) in [5.74, 6) is -0.201. The smallest absolute Gasteiger partial charge is 0.299 e. The minimum Gasteiger partial charge on any atom is -0.369 e. The Balaban J connectivity index is 2.97. The van der Waals surface area contributed by atoms with Gasteiger partial charge in [0, 0.05) is 12.4 Å². The lowest BCUT2D eigenvalue weighted by atomic mass is 10.7. The van der Waals surface area contributed by atoms with Crippen LogP contribution < -0.4 is 0 Å². The molecule has 3 N–H and O–H groups in total. The maximum atomic E-state index is 10.3. The van der Waals surface area contributed by atoms with Crippen molar-refractivity contribution in [2.45, 2.75) is 5.44 Å². The van der Waals surface area contributed by atoms with E-state index in [1.165, 1.54) is 12.4 Å². The molecule has 1 aromatic heterocycles. The lowest BCUT2D eigenvalue weighted by Crippen LogP contribution is -2.12. The third-order valence-corrected chi connectivity index (χ3v) is 1.82. The Morgan fingerprint density at radius 3 is 2.64 bits per heavy atom. The van der Waals surface area contributed by atoms with Gasteiger partial charge in [-0.25, -0.2) is 4.98 Å². The maximum absolute atomic E-state index is 10.3. The number of nitrogens with zero attached hydrogens (tertiary/aromatic N) is 1. The van der Waals surface area contributed by atoms with Crippen molar-refractivity contribution < 1.29 is 18.1 Å². The number of aliphatic hydroxyl groups excluding tert-OH is 1. The molecule has 0 spiro atoms. The van der Waals surface area contributed by atoms with Crippen LogP contribution in [0.1, 0.15) is 11.3 Å². The number of H-pyrrole nitrogens is 1. The molecule has 0 fully saturated rings. The molecular weight excluding hydrogens is 172 g/mol. The van der Waals surface area contributed by atoms with Crippen molar-refractivity contribution in [1.82, 2.24) is 9.97 Å². The summed E-state index contributed by atoms with van der Waals surface area (Å²) in [6, 6.07) is 0. The van der Waals surface area contributed by atoms with Gasteiger partial charge >= 0.3 is 0 Å². The molecule has 1 aromatic rings. The summed E-state index contributed by atoms with van der Waals surface area (Å²) in [6.45, 7) is 0. The molecule has 0 bridgehead atoms. The second-order valence-electron chi connectivity index (χ2n) is 1.84. The zero-order valence-electron chi connectivity index (χ0n) is 5.30. The summed E-state index contributed by atoms with van der Waals surface area (Å²) in [6.07, 6.45) is 2.60. The van der Waals surface area contributed by atoms with Crippen molar-refractivity contribution in [3.8, 4) is 0 Å². The fraction of sp³-hybridized carbons (Fsp3) is 0.250. The van der Waals surface area contributed by atoms with E-state index >= 15 is 0 Å². The maximum Gasteiger partial charge on any atom is 0.299 e. The Bertz CT molecular complexity index is 316. The Morgan fingerprint density at radius 1 is 1.64 bits per heavy atom. The fourth-order valence-electron chi connectivity index (χ4n) is 0.554. The van der Waals surface area contributed by atoms with E-state index < -0.39 is 15.6 Å². The van der Waals surface area contributed by atoms with Crippen LogP contribution in [0, 0.1) is 0 Å². The molecule has 1 atom stereocenters. The van der Waals surface area contributed by atoms with Gasteiger partial charge in [0.1, 0.15) is 0 Å². The lowest BCUT2D eigenvalue weighted by molar-refractivity contribution is 0.230. The first-order valence-electron chi connectivity index (χ1n) is 2.65. The number of nitrogens with one attached hydrogen (secondary N) is 1. The highest BCUT2D eigenvalue weighted by atomic mass is 32.2. The molecule has 11 heavy (non-hydrogen) atoms. The highest BCUT2D eigenvalue weighted by Gasteiger charge is 2.23. The van der Waals surface area contributed by atoms with E-state index in [-0.39, 0.29) is 5.82 Å². The van der Waals surface area contributed by atoms with Gasteiger partial charge in [-0.05, 0) is 0 Å². The van der Waals surface area contributed by atoms with E-state index in [2.05, 4.69) is 9.97 Å². The van der Waals surface area contributed by atoms with Crippen LogP contribution in [-0.2, 0) is 10.1 Å². The summed E-state index contributed by atoms with van der Waals surface area (Å²) in [5, 5.41) is 8.81. The topological polar surface area (TPSA) is 103 Å². The normalized spacial score (nSPS) is 14.7. The van der Waals surface area contributed by atoms with Gasteiger partial charge in [-0.2, -0.15) is 8.42 Å². The molecule has 0 saturated heterocycles. The summed E-state index contributed by atoms with van der Waals surface area (Å²) in [4.78, 5) is 5.78. The van der Waals surface area contributed by atoms with E-state index in [0.717, 1.165) is 0 Å². The van der Waals surface area contributed by atoms with Crippen LogP contribution in [0.3, 0.4) is 0 Å². The SMILES string of the molecule is O=S(=O)(O)C(O)c1ncc[nH]1. The minimum absolute atomic E-state index is 0.201. The van der Waals surface area contributed by atoms with Crippen LogP contribution in [0.5, 0.6) is 0 Å². The van der Waals surface area contributed by atoms with Crippen molar-refractivity contribution >= 4 is 10.1 Å². The number of aromatic nitrogens is 2. The second kappa shape index (κ2) is 2.61. The molecular formula is C4H6N2O4S. The molecule has 1 heterocycles. The molecule has 62 valence electrons. The van der Waals surface area contributed by atoms with Crippen molar-refractivity contribution in [2.24, 2.45) is 0 Å². The second-order valence-corrected chi connectivity index (χ2v) is 3.32. The minimum atomic E-state index is -4.46. The molecule has 0 aromatic carbocycles. The zero-order valence-corrected chi connectivity index (χ0v) is 6.11. The van der Waals surface area contributed by atoms with Gasteiger partial charge in [-0.15, -0.1) is 0 Å². The van der Waals surface area contributed by atoms with Crippen molar-refractivity contribution in [3.05, 3.63) is 18.2 Å². The van der Waals surface area contributed by atoms with E-state index in [1.54, 1.807) is 0 Å². The number of hydrogen-bond acceptors (Lipinski definition) is 4. The number of hydrogen-bond donors (Lipinski definition) is 3. The Kier molecular flexibility index (Phi) is 1.94. The lowest BCUT2D eigenvalue weighted by Gasteiger charge is -2.01. The Labute approximate surface area is 62.6 Å². The van der Waals surface area contributed by atoms with Gasteiger partial charge in [-0.1, -0.05) is 0 Å². The van der Waals surface area contributed by atoms with E-state index in [1.807, 2.05) is 0 Å². The van der Waals surface area contributed by atoms with Crippen molar-refractivity contribution in [2.75, 3.05) is 0 Å². The third-order valence-electron chi connectivity index (χ3n) is 1.04. The summed E-state index contributed by atoms with van der Waals surface area (Å²) < 4.78 is 28.9. The van der Waals surface area contributed by atoms with Crippen LogP contribution in [0.4, 0.5) is 0 Å². The molecule has 0 aliphatic heterocycles. The van der Waals surface area contributed by atoms with E-state index in [4.69, 9.17) is 9.66 Å². The summed E-state index contributed by atoms with van der Waals surface area (Å²) in [7, 11) is -4.46. The first-order chi connectivity index (χ1) is 5.02. The molecule has 0 saturated carbocycles. The van der Waals surface area contributed by atoms with Crippen molar-refractivity contribution in [3.63, 3.8) is 0 Å². The largest absolute Gasteiger partial charge is 0.369 e. The molecule has 1 rings (SSSR count). The molecule has 1 unspecified atom stereocenters. The highest BCUT2D eigenvalue weighted by molar-refractivity contribution is 7.85. The summed E-state index contributed by atoms with van der Waals surface area (Å²) >= 11 is 0. The Morgan fingerprint density at radius 2 is 2.27 bits per heavy atom. The quantitative estimate of drug-likeness (QED) is 0.519. The number of rotatable bonds is 2. The monoisotopic (exact) mass is 178 g/mol. The summed E-state index contributed by atoms with van der Waals surface area (Å²) in [5.41, 5.74) is -1.99. The first kappa shape index (κ1) is 8.18. The molecule has 6 nitrogen and oxygen atoms in total. The average molecular weight is 178 g/mol. The van der Waals surface area contributed by atoms with Gasteiger partial charge in [0.05, 0.1) is 0 Å². The number of imidazole rings is 1. The van der Waals surface area contributed by atoms with Crippen LogP contribution >= 0.6 is 0 Å². The van der Waals surface area contributed by atoms with E-state index in [0.29, 0.717) is 0 Å². The predicted molar refractivity (Wildman–Crippen MR) is 35.1 cm³/mol. The Hall–Kier alpha value is -0.920. The molecule has 0 amide bonds. The highest BCUT2D eigenvalue weighted by Crippen LogP contribution is 2.12. The molecule has 0 radical (unpaired) electrons. The zero-order chi connectivity index (χ0) is 8.48. The molecule has 7 heteroatoms. The van der Waals surface area contributed by atoms with Crippen LogP contribution in [-0.4, -0.2) is 28.0 Å². The van der Waals surface area contributed by atoms with Gasteiger partial charge in [0.25, 0.3) is 10.1 Å². The van der Waals surface area contributed by atoms with E-state index in [9.17, 15) is 8.42 Å².